The largest absolute Gasteiger partial charge is 0.478 e. The molecular formula is C17H19ClN2O2. The van der Waals surface area contributed by atoms with E-state index in [1.165, 1.54) is 0 Å². The molecule has 0 saturated carbocycles. The number of carboxylic acid groups (broad SMARTS) is 1. The minimum absolute atomic E-state index is 0.233. The number of aryl methyl sites for hydroxylation is 1. The van der Waals surface area contributed by atoms with E-state index >= 15 is 0 Å². The van der Waals surface area contributed by atoms with Gasteiger partial charge in [-0.25, -0.2) is 9.78 Å². The third kappa shape index (κ3) is 3.22. The summed E-state index contributed by atoms with van der Waals surface area (Å²) in [6, 6.07) is 8.98. The predicted molar refractivity (Wildman–Crippen MR) is 89.9 cm³/mol. The number of aromatic nitrogens is 1. The number of nitrogens with zero attached hydrogens (tertiary/aromatic N) is 2. The molecule has 2 aromatic rings. The van der Waals surface area contributed by atoms with E-state index in [0.717, 1.165) is 11.3 Å². The monoisotopic (exact) mass is 318 g/mol. The number of carboxylic acids is 1. The van der Waals surface area contributed by atoms with Crippen LogP contribution in [-0.2, 0) is 0 Å². The van der Waals surface area contributed by atoms with Crippen LogP contribution in [0.15, 0.2) is 30.3 Å². The van der Waals surface area contributed by atoms with Gasteiger partial charge in [0.25, 0.3) is 0 Å². The molecule has 0 atom stereocenters. The van der Waals surface area contributed by atoms with Crippen molar-refractivity contribution in [2.45, 2.75) is 20.8 Å². The van der Waals surface area contributed by atoms with Crippen molar-refractivity contribution >= 4 is 23.4 Å². The fraction of sp³-hybridized carbons (Fsp3) is 0.294. The highest BCUT2D eigenvalue weighted by atomic mass is 35.5. The lowest BCUT2D eigenvalue weighted by atomic mass is 9.99. The zero-order valence-corrected chi connectivity index (χ0v) is 13.7. The lowest BCUT2D eigenvalue weighted by molar-refractivity contribution is 0.0698. The summed E-state index contributed by atoms with van der Waals surface area (Å²) in [7, 11) is 0. The molecule has 1 N–H and O–H groups in total. The minimum Gasteiger partial charge on any atom is -0.478 e. The Morgan fingerprint density at radius 3 is 2.32 bits per heavy atom. The number of halogens is 1. The first-order valence-corrected chi connectivity index (χ1v) is 7.61. The van der Waals surface area contributed by atoms with Gasteiger partial charge in [0.1, 0.15) is 11.4 Å². The van der Waals surface area contributed by atoms with Gasteiger partial charge in [0, 0.05) is 29.4 Å². The van der Waals surface area contributed by atoms with E-state index in [1.54, 1.807) is 18.2 Å². The lowest BCUT2D eigenvalue weighted by Crippen LogP contribution is -2.26. The van der Waals surface area contributed by atoms with Crippen molar-refractivity contribution in [3.63, 3.8) is 0 Å². The lowest BCUT2D eigenvalue weighted by Gasteiger charge is -2.23. The van der Waals surface area contributed by atoms with Crippen molar-refractivity contribution in [3.05, 3.63) is 46.6 Å². The van der Waals surface area contributed by atoms with Crippen molar-refractivity contribution in [1.82, 2.24) is 4.98 Å². The second kappa shape index (κ2) is 6.79. The van der Waals surface area contributed by atoms with Crippen LogP contribution in [0.5, 0.6) is 0 Å². The summed E-state index contributed by atoms with van der Waals surface area (Å²) in [4.78, 5) is 18.3. The van der Waals surface area contributed by atoms with Crippen LogP contribution in [0.25, 0.3) is 11.1 Å². The topological polar surface area (TPSA) is 53.4 Å². The van der Waals surface area contributed by atoms with E-state index in [-0.39, 0.29) is 5.56 Å². The number of hydrogen-bond donors (Lipinski definition) is 1. The molecule has 1 aromatic heterocycles. The van der Waals surface area contributed by atoms with E-state index in [0.29, 0.717) is 29.5 Å². The van der Waals surface area contributed by atoms with Crippen LogP contribution < -0.4 is 4.90 Å². The molecule has 0 aliphatic carbocycles. The summed E-state index contributed by atoms with van der Waals surface area (Å²) in [5.74, 6) is -0.457. The highest BCUT2D eigenvalue weighted by Crippen LogP contribution is 2.31. The van der Waals surface area contributed by atoms with Crippen molar-refractivity contribution in [1.29, 1.82) is 0 Å². The Labute approximate surface area is 135 Å². The molecule has 0 aliphatic heterocycles. The quantitative estimate of drug-likeness (QED) is 0.895. The van der Waals surface area contributed by atoms with Crippen LogP contribution in [0, 0.1) is 6.92 Å². The molecular weight excluding hydrogens is 300 g/mol. The summed E-state index contributed by atoms with van der Waals surface area (Å²) < 4.78 is 0. The normalized spacial score (nSPS) is 10.5. The molecule has 22 heavy (non-hydrogen) atoms. The number of benzene rings is 1. The second-order valence-corrected chi connectivity index (χ2v) is 5.43. The van der Waals surface area contributed by atoms with Crippen molar-refractivity contribution in [2.24, 2.45) is 0 Å². The van der Waals surface area contributed by atoms with E-state index in [2.05, 4.69) is 4.98 Å². The average Bonchev–Trinajstić information content (AvgIpc) is 2.48. The van der Waals surface area contributed by atoms with E-state index < -0.39 is 5.97 Å². The molecule has 116 valence electrons. The number of carbonyl (C=O) groups is 1. The molecule has 0 spiro atoms. The SMILES string of the molecule is CCN(CC)c1nc(C)cc(-c2ccc(Cl)cc2)c1C(=O)O. The van der Waals surface area contributed by atoms with Gasteiger partial charge in [-0.3, -0.25) is 0 Å². The summed E-state index contributed by atoms with van der Waals surface area (Å²) in [5, 5.41) is 10.3. The highest BCUT2D eigenvalue weighted by molar-refractivity contribution is 6.30. The van der Waals surface area contributed by atoms with Crippen LogP contribution in [0.3, 0.4) is 0 Å². The molecule has 0 fully saturated rings. The van der Waals surface area contributed by atoms with Gasteiger partial charge in [0.05, 0.1) is 0 Å². The van der Waals surface area contributed by atoms with Crippen LogP contribution in [-0.4, -0.2) is 29.1 Å². The van der Waals surface area contributed by atoms with Gasteiger partial charge < -0.3 is 10.0 Å². The molecule has 4 nitrogen and oxygen atoms in total. The third-order valence-electron chi connectivity index (χ3n) is 3.56. The van der Waals surface area contributed by atoms with E-state index in [9.17, 15) is 9.90 Å². The Hall–Kier alpha value is -2.07. The van der Waals surface area contributed by atoms with Crippen molar-refractivity contribution in [2.75, 3.05) is 18.0 Å². The summed E-state index contributed by atoms with van der Waals surface area (Å²) >= 11 is 5.92. The predicted octanol–water partition coefficient (Wildman–Crippen LogP) is 4.25. The second-order valence-electron chi connectivity index (χ2n) is 4.99. The molecule has 0 radical (unpaired) electrons. The maximum atomic E-state index is 11.8. The van der Waals surface area contributed by atoms with Crippen molar-refractivity contribution < 1.29 is 9.90 Å². The number of pyridine rings is 1. The fourth-order valence-electron chi connectivity index (χ4n) is 2.48. The Morgan fingerprint density at radius 2 is 1.82 bits per heavy atom. The van der Waals surface area contributed by atoms with Gasteiger partial charge in [0.15, 0.2) is 0 Å². The average molecular weight is 319 g/mol. The van der Waals surface area contributed by atoms with Gasteiger partial charge in [-0.05, 0) is 44.5 Å². The van der Waals surface area contributed by atoms with E-state index in [4.69, 9.17) is 11.6 Å². The first-order chi connectivity index (χ1) is 10.5. The van der Waals surface area contributed by atoms with Gasteiger partial charge in [-0.2, -0.15) is 0 Å². The number of anilines is 1. The zero-order chi connectivity index (χ0) is 16.3. The number of hydrogen-bond acceptors (Lipinski definition) is 3. The van der Waals surface area contributed by atoms with E-state index in [1.807, 2.05) is 37.8 Å². The maximum absolute atomic E-state index is 11.8. The highest BCUT2D eigenvalue weighted by Gasteiger charge is 2.22. The fourth-order valence-corrected chi connectivity index (χ4v) is 2.60. The third-order valence-corrected chi connectivity index (χ3v) is 3.81. The molecule has 1 aromatic carbocycles. The van der Waals surface area contributed by atoms with Crippen LogP contribution in [0.2, 0.25) is 5.02 Å². The summed E-state index contributed by atoms with van der Waals surface area (Å²) in [6.07, 6.45) is 0. The van der Waals surface area contributed by atoms with Crippen LogP contribution in [0.4, 0.5) is 5.82 Å². The summed E-state index contributed by atoms with van der Waals surface area (Å²) in [6.45, 7) is 7.25. The number of aromatic carboxylic acids is 1. The van der Waals surface area contributed by atoms with Crippen LogP contribution >= 0.6 is 11.6 Å². The molecule has 0 bridgehead atoms. The smallest absolute Gasteiger partial charge is 0.340 e. The molecule has 0 aliphatic rings. The Morgan fingerprint density at radius 1 is 1.23 bits per heavy atom. The van der Waals surface area contributed by atoms with Crippen molar-refractivity contribution in [3.8, 4) is 11.1 Å². The molecule has 5 heteroatoms. The zero-order valence-electron chi connectivity index (χ0n) is 12.9. The van der Waals surface area contributed by atoms with Gasteiger partial charge in [-0.15, -0.1) is 0 Å². The maximum Gasteiger partial charge on any atom is 0.340 e. The Kier molecular flexibility index (Phi) is 5.03. The Balaban J connectivity index is 2.72. The van der Waals surface area contributed by atoms with Gasteiger partial charge in [0.2, 0.25) is 0 Å². The Bertz CT molecular complexity index is 680. The molecule has 0 saturated heterocycles. The van der Waals surface area contributed by atoms with Gasteiger partial charge >= 0.3 is 5.97 Å². The summed E-state index contributed by atoms with van der Waals surface area (Å²) in [5.41, 5.74) is 2.51. The van der Waals surface area contributed by atoms with Gasteiger partial charge in [-0.1, -0.05) is 23.7 Å². The number of rotatable bonds is 5. The first-order valence-electron chi connectivity index (χ1n) is 7.23. The minimum atomic E-state index is -0.973. The van der Waals surface area contributed by atoms with Crippen LogP contribution in [0.1, 0.15) is 29.9 Å². The molecule has 1 heterocycles. The molecule has 2 rings (SSSR count). The molecule has 0 amide bonds. The molecule has 0 unspecified atom stereocenters. The first kappa shape index (κ1) is 16.3. The standard InChI is InChI=1S/C17H19ClN2O2/c1-4-20(5-2)16-15(17(21)22)14(10-11(3)19-16)12-6-8-13(18)9-7-12/h6-10H,4-5H2,1-3H3,(H,21,22).